The Balaban J connectivity index is 1.47. The topological polar surface area (TPSA) is 78.5 Å². The maximum Gasteiger partial charge on any atom is 0.251 e. The fourth-order valence-electron chi connectivity index (χ4n) is 3.98. The van der Waals surface area contributed by atoms with Gasteiger partial charge in [0.2, 0.25) is 11.8 Å². The summed E-state index contributed by atoms with van der Waals surface area (Å²) >= 11 is 3.34. The molecule has 1 aromatic carbocycles. The molecule has 28 heavy (non-hydrogen) atoms. The molecule has 3 rings (SSSR count). The van der Waals surface area contributed by atoms with Gasteiger partial charge >= 0.3 is 0 Å². The molecule has 1 aliphatic heterocycles. The lowest BCUT2D eigenvalue weighted by molar-refractivity contribution is -0.135. The van der Waals surface area contributed by atoms with E-state index in [0.717, 1.165) is 30.2 Å². The Morgan fingerprint density at radius 3 is 2.61 bits per heavy atom. The van der Waals surface area contributed by atoms with Crippen molar-refractivity contribution in [2.75, 3.05) is 19.6 Å². The number of nitrogens with one attached hydrogen (secondary N) is 2. The van der Waals surface area contributed by atoms with Gasteiger partial charge in [0.25, 0.3) is 5.91 Å². The molecule has 7 heteroatoms. The average molecular weight is 450 g/mol. The Morgan fingerprint density at radius 2 is 1.86 bits per heavy atom. The fourth-order valence-corrected chi connectivity index (χ4v) is 4.38. The molecule has 2 aliphatic rings. The highest BCUT2D eigenvalue weighted by Gasteiger charge is 2.29. The van der Waals surface area contributed by atoms with Crippen LogP contribution in [0, 0.1) is 5.92 Å². The predicted octanol–water partition coefficient (Wildman–Crippen LogP) is 2.87. The van der Waals surface area contributed by atoms with Crippen LogP contribution in [0.5, 0.6) is 0 Å². The zero-order valence-electron chi connectivity index (χ0n) is 16.1. The monoisotopic (exact) mass is 449 g/mol. The van der Waals surface area contributed by atoms with E-state index in [2.05, 4.69) is 26.6 Å². The van der Waals surface area contributed by atoms with Crippen molar-refractivity contribution < 1.29 is 14.4 Å². The van der Waals surface area contributed by atoms with Gasteiger partial charge in [-0.05, 0) is 43.9 Å². The van der Waals surface area contributed by atoms with Crippen LogP contribution in [0.4, 0.5) is 0 Å². The van der Waals surface area contributed by atoms with Crippen LogP contribution in [0.25, 0.3) is 0 Å². The Morgan fingerprint density at radius 1 is 1.07 bits per heavy atom. The molecule has 1 heterocycles. The number of carbonyl (C=O) groups is 3. The number of hydrogen-bond acceptors (Lipinski definition) is 3. The van der Waals surface area contributed by atoms with E-state index in [1.807, 2.05) is 6.07 Å². The van der Waals surface area contributed by atoms with Crippen LogP contribution in [0.1, 0.15) is 55.3 Å². The molecule has 1 atom stereocenters. The molecule has 2 N–H and O–H groups in total. The summed E-state index contributed by atoms with van der Waals surface area (Å²) in [4.78, 5) is 39.0. The lowest BCUT2D eigenvalue weighted by Crippen LogP contribution is -2.49. The van der Waals surface area contributed by atoms with Crippen molar-refractivity contribution in [3.05, 3.63) is 34.3 Å². The van der Waals surface area contributed by atoms with Gasteiger partial charge in [0.1, 0.15) is 0 Å². The van der Waals surface area contributed by atoms with E-state index in [9.17, 15) is 14.4 Å². The third-order valence-electron chi connectivity index (χ3n) is 5.58. The van der Waals surface area contributed by atoms with Crippen LogP contribution in [-0.4, -0.2) is 48.3 Å². The SMILES string of the molecule is O=C(NCC(=O)N1CCCC(C(=O)NC2CCCCC2)C1)c1cccc(Br)c1. The van der Waals surface area contributed by atoms with Crippen molar-refractivity contribution in [3.8, 4) is 0 Å². The summed E-state index contributed by atoms with van der Waals surface area (Å²) in [6, 6.07) is 7.33. The van der Waals surface area contributed by atoms with Gasteiger partial charge in [-0.15, -0.1) is 0 Å². The van der Waals surface area contributed by atoms with Crippen molar-refractivity contribution in [2.24, 2.45) is 5.92 Å². The smallest absolute Gasteiger partial charge is 0.251 e. The quantitative estimate of drug-likeness (QED) is 0.724. The third-order valence-corrected chi connectivity index (χ3v) is 6.08. The zero-order chi connectivity index (χ0) is 19.9. The molecule has 1 saturated carbocycles. The predicted molar refractivity (Wildman–Crippen MR) is 111 cm³/mol. The molecule has 1 aliphatic carbocycles. The van der Waals surface area contributed by atoms with Crippen molar-refractivity contribution in [1.29, 1.82) is 0 Å². The van der Waals surface area contributed by atoms with Gasteiger partial charge in [0.15, 0.2) is 0 Å². The summed E-state index contributed by atoms with van der Waals surface area (Å²) in [5.41, 5.74) is 0.505. The molecule has 0 spiro atoms. The maximum atomic E-state index is 12.6. The number of benzene rings is 1. The summed E-state index contributed by atoms with van der Waals surface area (Å²) in [6.07, 6.45) is 7.35. The molecular formula is C21H28BrN3O3. The number of carbonyl (C=O) groups excluding carboxylic acids is 3. The Bertz CT molecular complexity index is 719. The van der Waals surface area contributed by atoms with E-state index in [0.29, 0.717) is 18.7 Å². The minimum atomic E-state index is -0.279. The Kier molecular flexibility index (Phi) is 7.48. The molecule has 0 radical (unpaired) electrons. The van der Waals surface area contributed by atoms with Crippen LogP contribution >= 0.6 is 15.9 Å². The van der Waals surface area contributed by atoms with Crippen molar-refractivity contribution in [1.82, 2.24) is 15.5 Å². The summed E-state index contributed by atoms with van der Waals surface area (Å²) in [5, 5.41) is 5.86. The highest BCUT2D eigenvalue weighted by Crippen LogP contribution is 2.21. The lowest BCUT2D eigenvalue weighted by Gasteiger charge is -2.33. The van der Waals surface area contributed by atoms with Crippen LogP contribution in [0.2, 0.25) is 0 Å². The second kappa shape index (κ2) is 10.0. The van der Waals surface area contributed by atoms with E-state index < -0.39 is 0 Å². The molecule has 1 saturated heterocycles. The average Bonchev–Trinajstić information content (AvgIpc) is 2.72. The summed E-state index contributed by atoms with van der Waals surface area (Å²) in [5.74, 6) is -0.500. The number of hydrogen-bond donors (Lipinski definition) is 2. The van der Waals surface area contributed by atoms with E-state index >= 15 is 0 Å². The van der Waals surface area contributed by atoms with E-state index in [1.165, 1.54) is 19.3 Å². The van der Waals surface area contributed by atoms with Crippen LogP contribution in [0.15, 0.2) is 28.7 Å². The second-order valence-corrected chi connectivity index (χ2v) is 8.63. The molecular weight excluding hydrogens is 422 g/mol. The summed E-state index contributed by atoms with van der Waals surface area (Å²) in [6.45, 7) is 1.02. The van der Waals surface area contributed by atoms with Gasteiger partial charge in [-0.1, -0.05) is 41.3 Å². The molecule has 152 valence electrons. The number of piperidine rings is 1. The number of nitrogens with zero attached hydrogens (tertiary/aromatic N) is 1. The molecule has 6 nitrogen and oxygen atoms in total. The summed E-state index contributed by atoms with van der Waals surface area (Å²) in [7, 11) is 0. The fraction of sp³-hybridized carbons (Fsp3) is 0.571. The molecule has 0 bridgehead atoms. The van der Waals surface area contributed by atoms with Crippen LogP contribution in [0.3, 0.4) is 0 Å². The van der Waals surface area contributed by atoms with Crippen LogP contribution in [-0.2, 0) is 9.59 Å². The number of rotatable bonds is 5. The Labute approximate surface area is 174 Å². The molecule has 2 fully saturated rings. The highest BCUT2D eigenvalue weighted by atomic mass is 79.9. The van der Waals surface area contributed by atoms with Gasteiger partial charge in [-0.25, -0.2) is 0 Å². The largest absolute Gasteiger partial charge is 0.353 e. The molecule has 1 unspecified atom stereocenters. The first kappa shape index (κ1) is 20.8. The number of likely N-dealkylation sites (tertiary alicyclic amines) is 1. The normalized spacial score (nSPS) is 20.5. The van der Waals surface area contributed by atoms with Crippen molar-refractivity contribution in [3.63, 3.8) is 0 Å². The zero-order valence-corrected chi connectivity index (χ0v) is 17.7. The van der Waals surface area contributed by atoms with E-state index in [4.69, 9.17) is 0 Å². The van der Waals surface area contributed by atoms with Gasteiger partial charge in [-0.3, -0.25) is 14.4 Å². The Hall–Kier alpha value is -1.89. The molecule has 1 aromatic rings. The van der Waals surface area contributed by atoms with Gasteiger partial charge < -0.3 is 15.5 Å². The molecule has 3 amide bonds. The number of halogens is 1. The van der Waals surface area contributed by atoms with Gasteiger partial charge in [0.05, 0.1) is 12.5 Å². The molecule has 0 aromatic heterocycles. The lowest BCUT2D eigenvalue weighted by atomic mass is 9.93. The van der Waals surface area contributed by atoms with Gasteiger partial charge in [0, 0.05) is 29.2 Å². The number of amides is 3. The van der Waals surface area contributed by atoms with E-state index in [-0.39, 0.29) is 36.2 Å². The third kappa shape index (κ3) is 5.80. The standard InChI is InChI=1S/C21H28BrN3O3/c22-17-8-4-6-15(12-17)20(27)23-13-19(26)25-11-5-7-16(14-25)21(28)24-18-9-2-1-3-10-18/h4,6,8,12,16,18H,1-3,5,7,9-11,13-14H2,(H,23,27)(H,24,28). The second-order valence-electron chi connectivity index (χ2n) is 7.72. The highest BCUT2D eigenvalue weighted by molar-refractivity contribution is 9.10. The van der Waals surface area contributed by atoms with Gasteiger partial charge in [-0.2, -0.15) is 0 Å². The minimum Gasteiger partial charge on any atom is -0.353 e. The van der Waals surface area contributed by atoms with E-state index in [1.54, 1.807) is 23.1 Å². The minimum absolute atomic E-state index is 0.0533. The first-order valence-corrected chi connectivity index (χ1v) is 10.9. The van der Waals surface area contributed by atoms with Crippen molar-refractivity contribution >= 4 is 33.7 Å². The maximum absolute atomic E-state index is 12.6. The first-order valence-electron chi connectivity index (χ1n) is 10.1. The first-order chi connectivity index (χ1) is 13.5. The van der Waals surface area contributed by atoms with Crippen LogP contribution < -0.4 is 10.6 Å². The van der Waals surface area contributed by atoms with Crippen molar-refractivity contribution in [2.45, 2.75) is 51.0 Å². The summed E-state index contributed by atoms with van der Waals surface area (Å²) < 4.78 is 0.814.